The first-order chi connectivity index (χ1) is 5.45. The van der Waals surface area contributed by atoms with Crippen molar-refractivity contribution < 1.29 is 0 Å². The van der Waals surface area contributed by atoms with Crippen molar-refractivity contribution in [3.05, 3.63) is 18.5 Å². The molecule has 0 saturated carbocycles. The summed E-state index contributed by atoms with van der Waals surface area (Å²) in [7, 11) is 0. The van der Waals surface area contributed by atoms with E-state index in [4.69, 9.17) is 0 Å². The number of anilines is 1. The molecule has 0 amide bonds. The van der Waals surface area contributed by atoms with Crippen LogP contribution in [0.15, 0.2) is 18.5 Å². The minimum atomic E-state index is 0.616. The first kappa shape index (κ1) is 6.73. The highest BCUT2D eigenvalue weighted by Crippen LogP contribution is 2.09. The minimum absolute atomic E-state index is 0.616. The van der Waals surface area contributed by atoms with Crippen LogP contribution in [0.1, 0.15) is 6.42 Å². The van der Waals surface area contributed by atoms with Crippen LogP contribution < -0.4 is 10.6 Å². The lowest BCUT2D eigenvalue weighted by molar-refractivity contribution is 0.793. The Kier molecular flexibility index (Phi) is 1.81. The van der Waals surface area contributed by atoms with Crippen molar-refractivity contribution in [1.29, 1.82) is 0 Å². The summed E-state index contributed by atoms with van der Waals surface area (Å²) in [4.78, 5) is 3.02. The van der Waals surface area contributed by atoms with Crippen molar-refractivity contribution in [2.24, 2.45) is 0 Å². The smallest absolute Gasteiger partial charge is 0.0520 e. The maximum atomic E-state index is 3.43. The van der Waals surface area contributed by atoms with E-state index in [1.54, 1.807) is 0 Å². The van der Waals surface area contributed by atoms with Crippen LogP contribution in [0.2, 0.25) is 0 Å². The van der Waals surface area contributed by atoms with Crippen LogP contribution in [0.25, 0.3) is 0 Å². The third kappa shape index (κ3) is 1.54. The first-order valence-electron chi connectivity index (χ1n) is 4.05. The highest BCUT2D eigenvalue weighted by molar-refractivity contribution is 5.41. The van der Waals surface area contributed by atoms with Crippen LogP contribution in [0.5, 0.6) is 0 Å². The topological polar surface area (TPSA) is 39.8 Å². The fraction of sp³-hybridized carbons (Fsp3) is 0.500. The highest BCUT2D eigenvalue weighted by atomic mass is 15.0. The number of aromatic amines is 1. The van der Waals surface area contributed by atoms with E-state index in [-0.39, 0.29) is 0 Å². The summed E-state index contributed by atoms with van der Waals surface area (Å²) in [5.41, 5.74) is 1.19. The number of H-pyrrole nitrogens is 1. The molecule has 1 unspecified atom stereocenters. The zero-order chi connectivity index (χ0) is 7.52. The Labute approximate surface area is 66.2 Å². The Morgan fingerprint density at radius 1 is 1.55 bits per heavy atom. The van der Waals surface area contributed by atoms with Gasteiger partial charge in [-0.25, -0.2) is 0 Å². The van der Waals surface area contributed by atoms with E-state index in [2.05, 4.69) is 21.7 Å². The molecule has 0 radical (unpaired) electrons. The zero-order valence-electron chi connectivity index (χ0n) is 6.43. The molecule has 3 N–H and O–H groups in total. The number of nitrogens with one attached hydrogen (secondary N) is 3. The molecule has 60 valence electrons. The van der Waals surface area contributed by atoms with Crippen molar-refractivity contribution in [3.63, 3.8) is 0 Å². The molecule has 0 spiro atoms. The molecule has 3 heteroatoms. The molecule has 0 aliphatic carbocycles. The van der Waals surface area contributed by atoms with Gasteiger partial charge in [0, 0.05) is 25.0 Å². The lowest BCUT2D eigenvalue weighted by atomic mass is 10.2. The summed E-state index contributed by atoms with van der Waals surface area (Å²) in [5, 5.41) is 6.74. The average Bonchev–Trinajstić information content (AvgIpc) is 2.60. The Morgan fingerprint density at radius 2 is 2.55 bits per heavy atom. The Morgan fingerprint density at radius 3 is 3.18 bits per heavy atom. The Balaban J connectivity index is 1.90. The molecule has 1 aromatic rings. The molecule has 1 fully saturated rings. The second-order valence-electron chi connectivity index (χ2n) is 2.93. The van der Waals surface area contributed by atoms with E-state index in [1.165, 1.54) is 12.1 Å². The van der Waals surface area contributed by atoms with E-state index in [9.17, 15) is 0 Å². The number of hydrogen-bond donors (Lipinski definition) is 3. The van der Waals surface area contributed by atoms with Crippen molar-refractivity contribution in [3.8, 4) is 0 Å². The van der Waals surface area contributed by atoms with Crippen LogP contribution in [-0.4, -0.2) is 24.1 Å². The fourth-order valence-corrected chi connectivity index (χ4v) is 1.43. The van der Waals surface area contributed by atoms with Crippen molar-refractivity contribution >= 4 is 5.69 Å². The molecule has 1 atom stereocenters. The second kappa shape index (κ2) is 2.96. The summed E-state index contributed by atoms with van der Waals surface area (Å²) >= 11 is 0. The SMILES string of the molecule is c1cc(NC2CCNC2)c[nH]1. The lowest BCUT2D eigenvalue weighted by Gasteiger charge is -2.09. The average molecular weight is 151 g/mol. The molecule has 0 aromatic carbocycles. The number of rotatable bonds is 2. The summed E-state index contributed by atoms with van der Waals surface area (Å²) < 4.78 is 0. The number of hydrogen-bond acceptors (Lipinski definition) is 2. The molecule has 1 saturated heterocycles. The van der Waals surface area contributed by atoms with Crippen LogP contribution in [0, 0.1) is 0 Å². The summed E-state index contributed by atoms with van der Waals surface area (Å²) in [5.74, 6) is 0. The van der Waals surface area contributed by atoms with Gasteiger partial charge in [-0.2, -0.15) is 0 Å². The van der Waals surface area contributed by atoms with Gasteiger partial charge in [0.05, 0.1) is 5.69 Å². The minimum Gasteiger partial charge on any atom is -0.380 e. The third-order valence-corrected chi connectivity index (χ3v) is 2.03. The second-order valence-corrected chi connectivity index (χ2v) is 2.93. The fourth-order valence-electron chi connectivity index (χ4n) is 1.43. The van der Waals surface area contributed by atoms with Crippen LogP contribution >= 0.6 is 0 Å². The number of aromatic nitrogens is 1. The van der Waals surface area contributed by atoms with Gasteiger partial charge in [0.15, 0.2) is 0 Å². The van der Waals surface area contributed by atoms with E-state index >= 15 is 0 Å². The molecular formula is C8H13N3. The highest BCUT2D eigenvalue weighted by Gasteiger charge is 2.13. The molecule has 11 heavy (non-hydrogen) atoms. The van der Waals surface area contributed by atoms with Gasteiger partial charge in [-0.1, -0.05) is 0 Å². The monoisotopic (exact) mass is 151 g/mol. The van der Waals surface area contributed by atoms with Gasteiger partial charge in [-0.15, -0.1) is 0 Å². The summed E-state index contributed by atoms with van der Waals surface area (Å²) in [6.45, 7) is 2.23. The van der Waals surface area contributed by atoms with Gasteiger partial charge < -0.3 is 15.6 Å². The maximum absolute atomic E-state index is 3.43. The van der Waals surface area contributed by atoms with Gasteiger partial charge in [-0.05, 0) is 19.0 Å². The van der Waals surface area contributed by atoms with E-state index < -0.39 is 0 Å². The molecule has 1 aliphatic heterocycles. The van der Waals surface area contributed by atoms with Gasteiger partial charge >= 0.3 is 0 Å². The predicted octanol–water partition coefficient (Wildman–Crippen LogP) is 0.788. The van der Waals surface area contributed by atoms with Gasteiger partial charge in [-0.3, -0.25) is 0 Å². The molecule has 1 aromatic heterocycles. The third-order valence-electron chi connectivity index (χ3n) is 2.03. The van der Waals surface area contributed by atoms with Crippen LogP contribution in [0.4, 0.5) is 5.69 Å². The largest absolute Gasteiger partial charge is 0.380 e. The normalized spacial score (nSPS) is 23.8. The lowest BCUT2D eigenvalue weighted by Crippen LogP contribution is -2.21. The Bertz CT molecular complexity index is 199. The van der Waals surface area contributed by atoms with Crippen molar-refractivity contribution in [2.45, 2.75) is 12.5 Å². The quantitative estimate of drug-likeness (QED) is 0.584. The molecule has 2 heterocycles. The maximum Gasteiger partial charge on any atom is 0.0520 e. The Hall–Kier alpha value is -0.960. The molecule has 1 aliphatic rings. The van der Waals surface area contributed by atoms with Crippen LogP contribution in [-0.2, 0) is 0 Å². The summed E-state index contributed by atoms with van der Waals surface area (Å²) in [6, 6.07) is 2.67. The summed E-state index contributed by atoms with van der Waals surface area (Å²) in [6.07, 6.45) is 5.15. The molecule has 0 bridgehead atoms. The van der Waals surface area contributed by atoms with Crippen molar-refractivity contribution in [1.82, 2.24) is 10.3 Å². The van der Waals surface area contributed by atoms with Crippen molar-refractivity contribution in [2.75, 3.05) is 18.4 Å². The van der Waals surface area contributed by atoms with E-state index in [0.717, 1.165) is 13.1 Å². The van der Waals surface area contributed by atoms with E-state index in [1.807, 2.05) is 12.4 Å². The molecule has 2 rings (SSSR count). The molecular weight excluding hydrogens is 138 g/mol. The standard InChI is InChI=1S/C8H13N3/c1-3-9-5-7(1)11-8-2-4-10-6-8/h1,3,5,8-11H,2,4,6H2. The van der Waals surface area contributed by atoms with Gasteiger partial charge in [0.2, 0.25) is 0 Å². The molecule has 3 nitrogen and oxygen atoms in total. The van der Waals surface area contributed by atoms with Gasteiger partial charge in [0.25, 0.3) is 0 Å². The van der Waals surface area contributed by atoms with Gasteiger partial charge in [0.1, 0.15) is 0 Å². The van der Waals surface area contributed by atoms with E-state index in [0.29, 0.717) is 6.04 Å². The zero-order valence-corrected chi connectivity index (χ0v) is 6.43. The van der Waals surface area contributed by atoms with Crippen LogP contribution in [0.3, 0.4) is 0 Å². The predicted molar refractivity (Wildman–Crippen MR) is 45.7 cm³/mol. The first-order valence-corrected chi connectivity index (χ1v) is 4.05.